The number of rotatable bonds is 5. The molecule has 2 rings (SSSR count). The zero-order valence-corrected chi connectivity index (χ0v) is 13.0. The fourth-order valence-corrected chi connectivity index (χ4v) is 2.44. The lowest BCUT2D eigenvalue weighted by atomic mass is 10.2. The highest BCUT2D eigenvalue weighted by atomic mass is 32.1. The van der Waals surface area contributed by atoms with Gasteiger partial charge in [-0.3, -0.25) is 4.79 Å². The predicted molar refractivity (Wildman–Crippen MR) is 81.5 cm³/mol. The summed E-state index contributed by atoms with van der Waals surface area (Å²) >= 11 is 5.23. The number of nitrogens with zero attached hydrogens (tertiary/aromatic N) is 1. The molecule has 2 N–H and O–H groups in total. The largest absolute Gasteiger partial charge is 0.494 e. The maximum Gasteiger partial charge on any atom is 0.221 e. The average Bonchev–Trinajstić information content (AvgIpc) is 2.69. The Hall–Kier alpha value is -1.89. The zero-order valence-electron chi connectivity index (χ0n) is 12.2. The molecule has 1 aromatic carbocycles. The minimum absolute atomic E-state index is 0.0460. The first-order valence-corrected chi connectivity index (χ1v) is 7.08. The number of aromatic amines is 1. The summed E-state index contributed by atoms with van der Waals surface area (Å²) in [6.07, 6.45) is 0.305. The molecule has 5 nitrogen and oxygen atoms in total. The Morgan fingerprint density at radius 2 is 2.24 bits per heavy atom. The molecule has 0 aliphatic rings. The third-order valence-electron chi connectivity index (χ3n) is 3.06. The van der Waals surface area contributed by atoms with Crippen LogP contribution in [0.5, 0.6) is 5.75 Å². The molecule has 0 saturated heterocycles. The Kier molecular flexibility index (Phi) is 4.62. The van der Waals surface area contributed by atoms with Gasteiger partial charge in [-0.05, 0) is 26.1 Å². The van der Waals surface area contributed by atoms with Crippen LogP contribution in [0.15, 0.2) is 12.1 Å². The van der Waals surface area contributed by atoms with E-state index in [-0.39, 0.29) is 17.7 Å². The van der Waals surface area contributed by atoms with Crippen LogP contribution in [-0.4, -0.2) is 28.6 Å². The fraction of sp³-hybridized carbons (Fsp3) is 0.429. The van der Waals surface area contributed by atoms with Crippen molar-refractivity contribution in [3.05, 3.63) is 22.7 Å². The van der Waals surface area contributed by atoms with Gasteiger partial charge in [0.15, 0.2) is 16.3 Å². The minimum atomic E-state index is -0.453. The number of imidazole rings is 1. The lowest BCUT2D eigenvalue weighted by molar-refractivity contribution is -0.121. The number of aromatic nitrogens is 2. The Balaban J connectivity index is 2.29. The van der Waals surface area contributed by atoms with E-state index in [1.165, 1.54) is 13.2 Å². The van der Waals surface area contributed by atoms with Gasteiger partial charge in [0, 0.05) is 31.1 Å². The number of H-pyrrole nitrogens is 1. The second-order valence-corrected chi connectivity index (χ2v) is 5.44. The van der Waals surface area contributed by atoms with E-state index in [0.29, 0.717) is 23.3 Å². The lowest BCUT2D eigenvalue weighted by Gasteiger charge is -2.09. The monoisotopic (exact) mass is 311 g/mol. The number of benzene rings is 1. The number of carbonyl (C=O) groups excluding carboxylic acids is 1. The van der Waals surface area contributed by atoms with Gasteiger partial charge >= 0.3 is 0 Å². The molecule has 21 heavy (non-hydrogen) atoms. The molecule has 0 spiro atoms. The van der Waals surface area contributed by atoms with Crippen molar-refractivity contribution in [2.45, 2.75) is 32.9 Å². The molecule has 1 heterocycles. The summed E-state index contributed by atoms with van der Waals surface area (Å²) < 4.78 is 20.9. The van der Waals surface area contributed by atoms with Gasteiger partial charge in [0.2, 0.25) is 5.91 Å². The van der Waals surface area contributed by atoms with Crippen LogP contribution in [0.1, 0.15) is 20.3 Å². The summed E-state index contributed by atoms with van der Waals surface area (Å²) in [5, 5.41) is 2.82. The molecule has 0 radical (unpaired) electrons. The molecule has 0 fully saturated rings. The standard InChI is InChI=1S/C14H18FN3O2S/c1-8(2)16-13(19)4-5-18-11-7-12(20-3)9(15)6-10(11)17-14(18)21/h6-8H,4-5H2,1-3H3,(H,16,19)(H,17,21). The summed E-state index contributed by atoms with van der Waals surface area (Å²) in [5.41, 5.74) is 1.30. The van der Waals surface area contributed by atoms with Crippen LogP contribution in [0.2, 0.25) is 0 Å². The number of aryl methyl sites for hydroxylation is 1. The fourth-order valence-electron chi connectivity index (χ4n) is 2.14. The molecule has 0 saturated carbocycles. The second-order valence-electron chi connectivity index (χ2n) is 5.06. The molecule has 7 heteroatoms. The first kappa shape index (κ1) is 15.5. The van der Waals surface area contributed by atoms with Crippen molar-refractivity contribution in [1.82, 2.24) is 14.9 Å². The van der Waals surface area contributed by atoms with E-state index in [4.69, 9.17) is 17.0 Å². The molecular formula is C14H18FN3O2S. The van der Waals surface area contributed by atoms with Crippen molar-refractivity contribution in [2.24, 2.45) is 0 Å². The highest BCUT2D eigenvalue weighted by molar-refractivity contribution is 7.71. The first-order valence-electron chi connectivity index (χ1n) is 6.67. The van der Waals surface area contributed by atoms with Gasteiger partial charge < -0.3 is 19.6 Å². The summed E-state index contributed by atoms with van der Waals surface area (Å²) in [6.45, 7) is 4.23. The van der Waals surface area contributed by atoms with Gasteiger partial charge in [0.25, 0.3) is 0 Å². The molecule has 0 unspecified atom stereocenters. The molecule has 1 amide bonds. The SMILES string of the molecule is COc1cc2c(cc1F)[nH]c(=S)n2CCC(=O)NC(C)C. The van der Waals surface area contributed by atoms with Gasteiger partial charge in [-0.25, -0.2) is 4.39 Å². The normalized spacial score (nSPS) is 11.1. The van der Waals surface area contributed by atoms with Crippen LogP contribution < -0.4 is 10.1 Å². The molecule has 0 bridgehead atoms. The maximum atomic E-state index is 13.7. The lowest BCUT2D eigenvalue weighted by Crippen LogP contribution is -2.30. The van der Waals surface area contributed by atoms with Crippen LogP contribution in [0.4, 0.5) is 4.39 Å². The van der Waals surface area contributed by atoms with Crippen molar-refractivity contribution in [2.75, 3.05) is 7.11 Å². The quantitative estimate of drug-likeness (QED) is 0.835. The number of amides is 1. The number of hydrogen-bond donors (Lipinski definition) is 2. The van der Waals surface area contributed by atoms with Gasteiger partial charge in [0.1, 0.15) is 0 Å². The molecular weight excluding hydrogens is 293 g/mol. The van der Waals surface area contributed by atoms with E-state index in [9.17, 15) is 9.18 Å². The Labute approximate surface area is 127 Å². The third kappa shape index (κ3) is 3.41. The van der Waals surface area contributed by atoms with Gasteiger partial charge in [-0.15, -0.1) is 0 Å². The van der Waals surface area contributed by atoms with Crippen LogP contribution in [0.25, 0.3) is 11.0 Å². The van der Waals surface area contributed by atoms with E-state index in [2.05, 4.69) is 10.3 Å². The average molecular weight is 311 g/mol. The summed E-state index contributed by atoms with van der Waals surface area (Å²) in [5.74, 6) is -0.349. The van der Waals surface area contributed by atoms with Gasteiger partial charge in [-0.1, -0.05) is 0 Å². The molecule has 0 aliphatic heterocycles. The van der Waals surface area contributed by atoms with Crippen molar-refractivity contribution in [1.29, 1.82) is 0 Å². The number of halogens is 1. The summed E-state index contributed by atoms with van der Waals surface area (Å²) in [6, 6.07) is 3.02. The van der Waals surface area contributed by atoms with Crippen LogP contribution in [-0.2, 0) is 11.3 Å². The highest BCUT2D eigenvalue weighted by Crippen LogP contribution is 2.24. The number of fused-ring (bicyclic) bond motifs is 1. The molecule has 114 valence electrons. The Bertz CT molecular complexity index is 721. The van der Waals surface area contributed by atoms with E-state index in [1.807, 2.05) is 13.8 Å². The maximum absolute atomic E-state index is 13.7. The van der Waals surface area contributed by atoms with E-state index >= 15 is 0 Å². The van der Waals surface area contributed by atoms with Crippen molar-refractivity contribution >= 4 is 29.2 Å². The number of nitrogens with one attached hydrogen (secondary N) is 2. The smallest absolute Gasteiger partial charge is 0.221 e. The molecule has 2 aromatic rings. The number of carbonyl (C=O) groups is 1. The summed E-state index contributed by atoms with van der Waals surface area (Å²) in [7, 11) is 1.41. The first-order chi connectivity index (χ1) is 9.92. The summed E-state index contributed by atoms with van der Waals surface area (Å²) in [4.78, 5) is 14.7. The van der Waals surface area contributed by atoms with Crippen molar-refractivity contribution in [3.63, 3.8) is 0 Å². The van der Waals surface area contributed by atoms with E-state index in [0.717, 1.165) is 5.52 Å². The number of methoxy groups -OCH3 is 1. The molecule has 0 aliphatic carbocycles. The van der Waals surface area contributed by atoms with Gasteiger partial charge in [0.05, 0.1) is 18.1 Å². The number of ether oxygens (including phenoxy) is 1. The topological polar surface area (TPSA) is 59.0 Å². The van der Waals surface area contributed by atoms with Crippen LogP contribution in [0.3, 0.4) is 0 Å². The van der Waals surface area contributed by atoms with Gasteiger partial charge in [-0.2, -0.15) is 0 Å². The zero-order chi connectivity index (χ0) is 15.6. The predicted octanol–water partition coefficient (Wildman–Crippen LogP) is 2.76. The highest BCUT2D eigenvalue weighted by Gasteiger charge is 2.12. The van der Waals surface area contributed by atoms with E-state index < -0.39 is 5.82 Å². The van der Waals surface area contributed by atoms with E-state index in [1.54, 1.807) is 10.6 Å². The third-order valence-corrected chi connectivity index (χ3v) is 3.38. The van der Waals surface area contributed by atoms with Crippen LogP contribution >= 0.6 is 12.2 Å². The number of hydrogen-bond acceptors (Lipinski definition) is 3. The second kappa shape index (κ2) is 6.26. The molecule has 1 aromatic heterocycles. The molecule has 0 atom stereocenters. The minimum Gasteiger partial charge on any atom is -0.494 e. The van der Waals surface area contributed by atoms with Crippen LogP contribution in [0, 0.1) is 10.6 Å². The van der Waals surface area contributed by atoms with Crippen molar-refractivity contribution in [3.8, 4) is 5.75 Å². The Morgan fingerprint density at radius 1 is 1.52 bits per heavy atom. The Morgan fingerprint density at radius 3 is 2.86 bits per heavy atom. The van der Waals surface area contributed by atoms with Crippen molar-refractivity contribution < 1.29 is 13.9 Å².